The minimum Gasteiger partial charge on any atom is -0.493 e. The molecule has 1 aliphatic rings. The molecule has 0 saturated heterocycles. The first-order valence-corrected chi connectivity index (χ1v) is 15.7. The van der Waals surface area contributed by atoms with Gasteiger partial charge in [-0.2, -0.15) is 4.98 Å². The van der Waals surface area contributed by atoms with E-state index in [2.05, 4.69) is 29.7 Å². The number of methoxy groups -OCH3 is 1. The minimum absolute atomic E-state index is 0.202. The summed E-state index contributed by atoms with van der Waals surface area (Å²) in [6.07, 6.45) is 2.96. The van der Waals surface area contributed by atoms with E-state index in [1.54, 1.807) is 18.9 Å². The first-order chi connectivity index (χ1) is 20.9. The molecule has 1 atom stereocenters. The van der Waals surface area contributed by atoms with Crippen LogP contribution in [0.1, 0.15) is 55.0 Å². The van der Waals surface area contributed by atoms with Crippen LogP contribution < -0.4 is 20.1 Å². The molecule has 1 amide bonds. The Morgan fingerprint density at radius 2 is 1.86 bits per heavy atom. The van der Waals surface area contributed by atoms with Crippen LogP contribution in [0.25, 0.3) is 0 Å². The first-order valence-electron chi connectivity index (χ1n) is 14.7. The topological polar surface area (TPSA) is 90.3 Å². The van der Waals surface area contributed by atoms with Gasteiger partial charge in [0.1, 0.15) is 6.04 Å². The largest absolute Gasteiger partial charge is 0.493 e. The molecule has 43 heavy (non-hydrogen) atoms. The van der Waals surface area contributed by atoms with Crippen molar-refractivity contribution in [2.24, 2.45) is 0 Å². The van der Waals surface area contributed by atoms with E-state index in [1.807, 2.05) is 80.1 Å². The fourth-order valence-electron chi connectivity index (χ4n) is 5.08. The van der Waals surface area contributed by atoms with E-state index in [0.29, 0.717) is 34.8 Å². The van der Waals surface area contributed by atoms with Crippen LogP contribution in [0.3, 0.4) is 0 Å². The van der Waals surface area contributed by atoms with E-state index in [-0.39, 0.29) is 5.91 Å². The summed E-state index contributed by atoms with van der Waals surface area (Å²) in [7, 11) is 1.63. The van der Waals surface area contributed by atoms with Crippen molar-refractivity contribution in [1.29, 1.82) is 0 Å². The van der Waals surface area contributed by atoms with E-state index in [1.165, 1.54) is 5.56 Å². The lowest BCUT2D eigenvalue weighted by Crippen LogP contribution is -2.31. The van der Waals surface area contributed by atoms with Gasteiger partial charge in [-0.05, 0) is 67.6 Å². The lowest BCUT2D eigenvalue weighted by atomic mass is 9.94. The lowest BCUT2D eigenvalue weighted by Gasteiger charge is -2.29. The maximum Gasteiger partial charge on any atom is 0.255 e. The number of carbonyl (C=O) groups excluding carboxylic acids is 1. The van der Waals surface area contributed by atoms with Crippen molar-refractivity contribution in [1.82, 2.24) is 14.8 Å². The highest BCUT2D eigenvalue weighted by Crippen LogP contribution is 2.40. The van der Waals surface area contributed by atoms with Gasteiger partial charge in [-0.15, -0.1) is 5.10 Å². The Balaban J connectivity index is 1.48. The number of amides is 1. The normalized spacial score (nSPS) is 14.2. The molecule has 224 valence electrons. The van der Waals surface area contributed by atoms with Crippen LogP contribution >= 0.6 is 11.8 Å². The number of unbranched alkanes of at least 4 members (excludes halogenated alkanes) is 1. The van der Waals surface area contributed by atoms with E-state index in [0.717, 1.165) is 53.1 Å². The third-order valence-corrected chi connectivity index (χ3v) is 8.58. The van der Waals surface area contributed by atoms with Gasteiger partial charge in [0.15, 0.2) is 11.5 Å². The number of fused-ring (bicyclic) bond motifs is 1. The van der Waals surface area contributed by atoms with Crippen molar-refractivity contribution >= 4 is 29.3 Å². The Morgan fingerprint density at radius 1 is 1.05 bits per heavy atom. The zero-order chi connectivity index (χ0) is 30.3. The molecule has 8 nitrogen and oxygen atoms in total. The number of nitrogens with zero attached hydrogens (tertiary/aromatic N) is 3. The number of rotatable bonds is 12. The summed E-state index contributed by atoms with van der Waals surface area (Å²) in [4.78, 5) is 18.8. The molecule has 5 rings (SSSR count). The van der Waals surface area contributed by atoms with Gasteiger partial charge in [0.2, 0.25) is 11.1 Å². The summed E-state index contributed by atoms with van der Waals surface area (Å²) in [5, 5.41) is 12.0. The summed E-state index contributed by atoms with van der Waals surface area (Å²) in [6.45, 7) is 8.64. The Hall–Kier alpha value is -4.24. The Labute approximate surface area is 257 Å². The van der Waals surface area contributed by atoms with Crippen molar-refractivity contribution < 1.29 is 14.3 Å². The molecule has 2 N–H and O–H groups in total. The highest BCUT2D eigenvalue weighted by atomic mass is 32.2. The van der Waals surface area contributed by atoms with Crippen LogP contribution in [0.4, 0.5) is 11.6 Å². The summed E-state index contributed by atoms with van der Waals surface area (Å²) >= 11 is 1.62. The van der Waals surface area contributed by atoms with Gasteiger partial charge in [-0.3, -0.25) is 4.79 Å². The molecule has 2 heterocycles. The van der Waals surface area contributed by atoms with Gasteiger partial charge < -0.3 is 20.1 Å². The second-order valence-electron chi connectivity index (χ2n) is 10.6. The molecule has 0 radical (unpaired) electrons. The Morgan fingerprint density at radius 3 is 2.63 bits per heavy atom. The van der Waals surface area contributed by atoms with Crippen LogP contribution in [-0.4, -0.2) is 40.1 Å². The van der Waals surface area contributed by atoms with Crippen molar-refractivity contribution in [2.45, 2.75) is 58.2 Å². The predicted molar refractivity (Wildman–Crippen MR) is 173 cm³/mol. The minimum atomic E-state index is -0.526. The molecule has 1 aliphatic heterocycles. The lowest BCUT2D eigenvalue weighted by molar-refractivity contribution is -0.113. The van der Waals surface area contributed by atoms with Gasteiger partial charge in [-0.25, -0.2) is 4.68 Å². The number of anilines is 2. The quantitative estimate of drug-likeness (QED) is 0.130. The third-order valence-electron chi connectivity index (χ3n) is 7.65. The molecule has 0 saturated carbocycles. The molecular formula is C34H39N5O3S. The summed E-state index contributed by atoms with van der Waals surface area (Å²) in [5.74, 6) is 2.57. The molecule has 0 spiro atoms. The standard InChI is InChI=1S/C34H39N5O3S/c1-6-7-20-43-34-37-33-35-24(4)30(32(40)36-27-15-11-12-22(2)23(27)3)31(39(33)38-34)26-16-17-28(29(21-26)41-5)42-19-18-25-13-9-8-10-14-25/h8-17,21,31H,6-7,18-20H2,1-5H3,(H,36,40)(H,35,37,38). The summed E-state index contributed by atoms with van der Waals surface area (Å²) in [5.41, 5.74) is 6.26. The van der Waals surface area contributed by atoms with Crippen molar-refractivity contribution in [3.63, 3.8) is 0 Å². The van der Waals surface area contributed by atoms with Crippen LogP contribution in [0, 0.1) is 13.8 Å². The zero-order valence-corrected chi connectivity index (χ0v) is 26.3. The predicted octanol–water partition coefficient (Wildman–Crippen LogP) is 7.34. The van der Waals surface area contributed by atoms with Crippen LogP contribution in [0.15, 0.2) is 83.2 Å². The zero-order valence-electron chi connectivity index (χ0n) is 25.4. The number of allylic oxidation sites excluding steroid dienone is 1. The van der Waals surface area contributed by atoms with Gasteiger partial charge >= 0.3 is 0 Å². The number of hydrogen-bond acceptors (Lipinski definition) is 7. The molecule has 0 fully saturated rings. The number of aryl methyl sites for hydroxylation is 1. The number of aromatic nitrogens is 3. The van der Waals surface area contributed by atoms with Crippen LogP contribution in [0.5, 0.6) is 11.5 Å². The molecular weight excluding hydrogens is 558 g/mol. The van der Waals surface area contributed by atoms with Crippen molar-refractivity contribution in [2.75, 3.05) is 30.1 Å². The van der Waals surface area contributed by atoms with Crippen LogP contribution in [-0.2, 0) is 11.2 Å². The highest BCUT2D eigenvalue weighted by Gasteiger charge is 2.35. The van der Waals surface area contributed by atoms with Gasteiger partial charge in [0, 0.05) is 23.6 Å². The van der Waals surface area contributed by atoms with Gasteiger partial charge in [-0.1, -0.05) is 73.6 Å². The summed E-state index contributed by atoms with van der Waals surface area (Å²) < 4.78 is 13.7. The third kappa shape index (κ3) is 6.88. The van der Waals surface area contributed by atoms with Gasteiger partial charge in [0.05, 0.1) is 19.3 Å². The Kier molecular flexibility index (Phi) is 9.72. The van der Waals surface area contributed by atoms with Crippen LogP contribution in [0.2, 0.25) is 0 Å². The Bertz CT molecular complexity index is 1620. The maximum absolute atomic E-state index is 14.0. The van der Waals surface area contributed by atoms with E-state index >= 15 is 0 Å². The average molecular weight is 598 g/mol. The van der Waals surface area contributed by atoms with Gasteiger partial charge in [0.25, 0.3) is 5.91 Å². The van der Waals surface area contributed by atoms with E-state index < -0.39 is 6.04 Å². The fourth-order valence-corrected chi connectivity index (χ4v) is 5.99. The number of nitrogens with one attached hydrogen (secondary N) is 2. The number of benzene rings is 3. The first kappa shape index (κ1) is 30.2. The molecule has 0 bridgehead atoms. The second-order valence-corrected chi connectivity index (χ2v) is 11.7. The molecule has 1 unspecified atom stereocenters. The number of hydrogen-bond donors (Lipinski definition) is 2. The fraction of sp³-hybridized carbons (Fsp3) is 0.324. The number of carbonyl (C=O) groups is 1. The maximum atomic E-state index is 14.0. The molecule has 1 aromatic heterocycles. The van der Waals surface area contributed by atoms with Crippen molar-refractivity contribution in [3.8, 4) is 11.5 Å². The molecule has 3 aromatic carbocycles. The summed E-state index contributed by atoms with van der Waals surface area (Å²) in [6, 6.07) is 21.4. The SMILES string of the molecule is CCCCSc1nc2n(n1)C(c1ccc(OCCc3ccccc3)c(OC)c1)C(C(=O)Nc1cccc(C)c1C)=C(C)N2. The monoisotopic (exact) mass is 597 g/mol. The van der Waals surface area contributed by atoms with E-state index in [4.69, 9.17) is 19.6 Å². The second kappa shape index (κ2) is 13.8. The smallest absolute Gasteiger partial charge is 0.255 e. The highest BCUT2D eigenvalue weighted by molar-refractivity contribution is 7.99. The number of thioether (sulfide) groups is 1. The average Bonchev–Trinajstić information content (AvgIpc) is 3.41. The molecule has 4 aromatic rings. The molecule has 0 aliphatic carbocycles. The number of ether oxygens (including phenoxy) is 2. The van der Waals surface area contributed by atoms with Crippen molar-refractivity contribution in [3.05, 3.63) is 100 Å². The molecule has 9 heteroatoms. The van der Waals surface area contributed by atoms with E-state index in [9.17, 15) is 4.79 Å².